The van der Waals surface area contributed by atoms with Crippen LogP contribution in [0.5, 0.6) is 0 Å². The molecule has 0 unspecified atom stereocenters. The molecule has 1 aliphatic carbocycles. The van der Waals surface area contributed by atoms with E-state index in [0.29, 0.717) is 6.61 Å². The highest BCUT2D eigenvalue weighted by molar-refractivity contribution is 5.13. The van der Waals surface area contributed by atoms with E-state index in [1.807, 2.05) is 30.3 Å². The quantitative estimate of drug-likeness (QED) is 0.470. The summed E-state index contributed by atoms with van der Waals surface area (Å²) < 4.78 is 5.62. The molecular formula is C16H23N3O2. The molecule has 0 bridgehead atoms. The first-order chi connectivity index (χ1) is 10.3. The van der Waals surface area contributed by atoms with Crippen LogP contribution < -0.4 is 0 Å². The molecule has 1 N–H and O–H groups in total. The van der Waals surface area contributed by atoms with E-state index < -0.39 is 12.1 Å². The summed E-state index contributed by atoms with van der Waals surface area (Å²) in [7, 11) is 0. The van der Waals surface area contributed by atoms with Gasteiger partial charge in [-0.05, 0) is 29.9 Å². The van der Waals surface area contributed by atoms with Gasteiger partial charge in [-0.1, -0.05) is 54.7 Å². The van der Waals surface area contributed by atoms with E-state index in [4.69, 9.17) is 10.3 Å². The molecule has 5 heteroatoms. The number of hydrogen-bond acceptors (Lipinski definition) is 3. The molecule has 0 saturated heterocycles. The van der Waals surface area contributed by atoms with E-state index in [0.717, 1.165) is 31.2 Å². The number of aliphatic hydroxyl groups excluding tert-OH is 1. The molecule has 0 spiro atoms. The highest BCUT2D eigenvalue weighted by Crippen LogP contribution is 2.28. The Hall–Kier alpha value is -1.55. The van der Waals surface area contributed by atoms with E-state index in [1.54, 1.807) is 0 Å². The Kier molecular flexibility index (Phi) is 6.54. The van der Waals surface area contributed by atoms with Gasteiger partial charge in [0.25, 0.3) is 0 Å². The molecule has 0 radical (unpaired) electrons. The van der Waals surface area contributed by atoms with E-state index in [9.17, 15) is 5.11 Å². The molecule has 0 amide bonds. The van der Waals surface area contributed by atoms with Crippen molar-refractivity contribution in [3.05, 3.63) is 46.3 Å². The monoisotopic (exact) mass is 289 g/mol. The summed E-state index contributed by atoms with van der Waals surface area (Å²) in [6.45, 7) is 0.728. The summed E-state index contributed by atoms with van der Waals surface area (Å²) in [5.74, 6) is 0.231. The molecule has 2 atom stereocenters. The summed E-state index contributed by atoms with van der Waals surface area (Å²) in [6.07, 6.45) is 4.96. The minimum atomic E-state index is -0.600. The predicted octanol–water partition coefficient (Wildman–Crippen LogP) is 3.82. The van der Waals surface area contributed by atoms with Crippen molar-refractivity contribution in [2.45, 2.75) is 50.9 Å². The molecule has 21 heavy (non-hydrogen) atoms. The second-order valence-electron chi connectivity index (χ2n) is 5.66. The van der Waals surface area contributed by atoms with Crippen LogP contribution in [0.15, 0.2) is 35.4 Å². The van der Waals surface area contributed by atoms with E-state index >= 15 is 0 Å². The standard InChI is InChI=1S/C16H23N3O2/c17-19-18-15(16(20)14-9-5-2-6-10-14)12-21-11-13-7-3-1-4-8-13/h1,3-4,7-8,14-16,20H,2,5-6,9-12H2/t15-,16+/m0/s1. The number of aliphatic hydroxyl groups is 1. The van der Waals surface area contributed by atoms with Crippen molar-refractivity contribution in [1.82, 2.24) is 0 Å². The van der Waals surface area contributed by atoms with Gasteiger partial charge in [-0.25, -0.2) is 0 Å². The average Bonchev–Trinajstić information content (AvgIpc) is 2.55. The van der Waals surface area contributed by atoms with Crippen molar-refractivity contribution in [3.8, 4) is 0 Å². The zero-order valence-corrected chi connectivity index (χ0v) is 12.3. The smallest absolute Gasteiger partial charge is 0.0869 e. The molecule has 1 aliphatic rings. The van der Waals surface area contributed by atoms with Crippen LogP contribution in [-0.4, -0.2) is 23.9 Å². The van der Waals surface area contributed by atoms with Gasteiger partial charge in [0.2, 0.25) is 0 Å². The zero-order valence-electron chi connectivity index (χ0n) is 12.3. The highest BCUT2D eigenvalue weighted by atomic mass is 16.5. The van der Waals surface area contributed by atoms with Crippen LogP contribution in [0.2, 0.25) is 0 Å². The fraction of sp³-hybridized carbons (Fsp3) is 0.625. The summed E-state index contributed by atoms with van der Waals surface area (Å²) in [5, 5.41) is 14.2. The summed E-state index contributed by atoms with van der Waals surface area (Å²) in [6, 6.07) is 9.35. The van der Waals surface area contributed by atoms with E-state index in [2.05, 4.69) is 10.0 Å². The predicted molar refractivity (Wildman–Crippen MR) is 81.6 cm³/mol. The van der Waals surface area contributed by atoms with Crippen molar-refractivity contribution >= 4 is 0 Å². The van der Waals surface area contributed by atoms with Gasteiger partial charge in [0.1, 0.15) is 0 Å². The molecule has 114 valence electrons. The van der Waals surface area contributed by atoms with Gasteiger partial charge in [-0.2, -0.15) is 0 Å². The Morgan fingerprint density at radius 3 is 2.62 bits per heavy atom. The van der Waals surface area contributed by atoms with Crippen LogP contribution in [0.4, 0.5) is 0 Å². The van der Waals surface area contributed by atoms with Crippen LogP contribution in [0.3, 0.4) is 0 Å². The van der Waals surface area contributed by atoms with Crippen molar-refractivity contribution in [2.75, 3.05) is 6.61 Å². The Morgan fingerprint density at radius 1 is 1.24 bits per heavy atom. The highest BCUT2D eigenvalue weighted by Gasteiger charge is 2.28. The average molecular weight is 289 g/mol. The van der Waals surface area contributed by atoms with Crippen LogP contribution in [0, 0.1) is 5.92 Å². The number of benzene rings is 1. The normalized spacial score (nSPS) is 18.7. The van der Waals surface area contributed by atoms with Gasteiger partial charge < -0.3 is 9.84 Å². The molecule has 0 heterocycles. The first-order valence-corrected chi connectivity index (χ1v) is 7.65. The van der Waals surface area contributed by atoms with E-state index in [-0.39, 0.29) is 12.5 Å². The third-order valence-corrected chi connectivity index (χ3v) is 4.13. The number of ether oxygens (including phenoxy) is 1. The Labute approximate surface area is 125 Å². The van der Waals surface area contributed by atoms with Gasteiger partial charge in [0.15, 0.2) is 0 Å². The Bertz CT molecular complexity index is 454. The van der Waals surface area contributed by atoms with E-state index in [1.165, 1.54) is 6.42 Å². The third-order valence-electron chi connectivity index (χ3n) is 4.13. The fourth-order valence-electron chi connectivity index (χ4n) is 2.93. The van der Waals surface area contributed by atoms with Gasteiger partial charge in [0.05, 0.1) is 25.4 Å². The molecule has 2 rings (SSSR count). The first kappa shape index (κ1) is 15.8. The lowest BCUT2D eigenvalue weighted by molar-refractivity contribution is 0.0167. The topological polar surface area (TPSA) is 78.2 Å². The largest absolute Gasteiger partial charge is 0.392 e. The number of azide groups is 1. The molecule has 1 aromatic carbocycles. The van der Waals surface area contributed by atoms with Gasteiger partial charge in [0, 0.05) is 4.91 Å². The molecule has 1 aromatic rings. The maximum atomic E-state index is 10.4. The maximum Gasteiger partial charge on any atom is 0.0869 e. The lowest BCUT2D eigenvalue weighted by atomic mass is 9.83. The fourth-order valence-corrected chi connectivity index (χ4v) is 2.93. The molecular weight excluding hydrogens is 266 g/mol. The van der Waals surface area contributed by atoms with Crippen molar-refractivity contribution in [3.63, 3.8) is 0 Å². The minimum Gasteiger partial charge on any atom is -0.392 e. The summed E-state index contributed by atoms with van der Waals surface area (Å²) in [4.78, 5) is 2.86. The zero-order chi connectivity index (χ0) is 14.9. The molecule has 1 saturated carbocycles. The SMILES string of the molecule is [N-]=[N+]=N[C@@H](COCc1ccccc1)[C@H](O)C1CCCCC1. The molecule has 5 nitrogen and oxygen atoms in total. The molecule has 0 aliphatic heterocycles. The van der Waals surface area contributed by atoms with Crippen molar-refractivity contribution in [1.29, 1.82) is 0 Å². The van der Waals surface area contributed by atoms with Gasteiger partial charge in [-0.3, -0.25) is 0 Å². The first-order valence-electron chi connectivity index (χ1n) is 7.65. The molecule has 1 fully saturated rings. The lowest BCUT2D eigenvalue weighted by Crippen LogP contribution is -2.36. The van der Waals surface area contributed by atoms with Crippen LogP contribution in [0.1, 0.15) is 37.7 Å². The summed E-state index contributed by atoms with van der Waals surface area (Å²) >= 11 is 0. The Balaban J connectivity index is 1.84. The van der Waals surface area contributed by atoms with Crippen LogP contribution in [-0.2, 0) is 11.3 Å². The number of hydrogen-bond donors (Lipinski definition) is 1. The van der Waals surface area contributed by atoms with Crippen molar-refractivity contribution in [2.24, 2.45) is 11.0 Å². The van der Waals surface area contributed by atoms with Gasteiger partial charge in [-0.15, -0.1) is 0 Å². The Morgan fingerprint density at radius 2 is 1.95 bits per heavy atom. The van der Waals surface area contributed by atoms with Crippen LogP contribution in [0.25, 0.3) is 10.4 Å². The molecule has 0 aromatic heterocycles. The summed E-state index contributed by atoms with van der Waals surface area (Å²) in [5.41, 5.74) is 9.77. The lowest BCUT2D eigenvalue weighted by Gasteiger charge is -2.30. The number of rotatable bonds is 7. The third kappa shape index (κ3) is 5.05. The van der Waals surface area contributed by atoms with Gasteiger partial charge >= 0.3 is 0 Å². The van der Waals surface area contributed by atoms with Crippen molar-refractivity contribution < 1.29 is 9.84 Å². The van der Waals surface area contributed by atoms with Crippen LogP contribution >= 0.6 is 0 Å². The minimum absolute atomic E-state index is 0.231. The second kappa shape index (κ2) is 8.67. The second-order valence-corrected chi connectivity index (χ2v) is 5.66. The maximum absolute atomic E-state index is 10.4. The number of nitrogens with zero attached hydrogens (tertiary/aromatic N) is 3.